The first-order chi connectivity index (χ1) is 9.08. The van der Waals surface area contributed by atoms with Crippen molar-refractivity contribution >= 4 is 12.3 Å². The molecule has 0 bridgehead atoms. The lowest BCUT2D eigenvalue weighted by Crippen LogP contribution is -2.35. The van der Waals surface area contributed by atoms with Gasteiger partial charge in [0.1, 0.15) is 12.2 Å². The molecule has 0 saturated carbocycles. The van der Waals surface area contributed by atoms with Crippen LogP contribution in [0.5, 0.6) is 0 Å². The minimum absolute atomic E-state index is 0.508. The fourth-order valence-electron chi connectivity index (χ4n) is 1.67. The Kier molecular flexibility index (Phi) is 9.66. The van der Waals surface area contributed by atoms with Gasteiger partial charge in [-0.2, -0.15) is 0 Å². The lowest BCUT2D eigenvalue weighted by molar-refractivity contribution is -0.0545. The summed E-state index contributed by atoms with van der Waals surface area (Å²) in [5.74, 6) is 0. The van der Waals surface area contributed by atoms with E-state index in [-0.39, 0.29) is 0 Å². The molecular weight excluding hydrogens is 252 g/mol. The molecule has 19 heavy (non-hydrogen) atoms. The van der Waals surface area contributed by atoms with E-state index in [1.54, 1.807) is 0 Å². The van der Waals surface area contributed by atoms with E-state index in [9.17, 15) is 9.59 Å². The van der Waals surface area contributed by atoms with Crippen molar-refractivity contribution in [1.29, 1.82) is 0 Å². The summed E-state index contributed by atoms with van der Waals surface area (Å²) < 4.78 is 19.3. The van der Waals surface area contributed by atoms with Crippen molar-refractivity contribution in [1.82, 2.24) is 0 Å². The highest BCUT2D eigenvalue weighted by atomic mass is 16.7. The predicted molar refractivity (Wildman–Crippen MR) is 69.0 cm³/mol. The van der Waals surface area contributed by atoms with E-state index in [4.69, 9.17) is 9.47 Å². The van der Waals surface area contributed by atoms with E-state index in [0.717, 1.165) is 19.3 Å². The second-order valence-electron chi connectivity index (χ2n) is 4.15. The van der Waals surface area contributed by atoms with E-state index in [1.165, 1.54) is 14.2 Å². The maximum absolute atomic E-state index is 11.2. The van der Waals surface area contributed by atoms with Crippen LogP contribution in [-0.2, 0) is 18.9 Å². The highest BCUT2D eigenvalue weighted by molar-refractivity contribution is 5.61. The van der Waals surface area contributed by atoms with Gasteiger partial charge in [-0.05, 0) is 19.3 Å². The molecular formula is C13H24O6. The normalized spacial score (nSPS) is 13.3. The predicted octanol–water partition coefficient (Wildman–Crippen LogP) is 3.28. The number of rotatable bonds is 8. The summed E-state index contributed by atoms with van der Waals surface area (Å²) in [7, 11) is 2.49. The van der Waals surface area contributed by atoms with Gasteiger partial charge in [0, 0.05) is 0 Å². The SMILES string of the molecule is CCCCC(OC(=O)OC)C(CCC)OC(=O)OC. The summed E-state index contributed by atoms with van der Waals surface area (Å²) in [6, 6.07) is 0. The third kappa shape index (κ3) is 7.54. The second kappa shape index (κ2) is 10.5. The molecule has 0 radical (unpaired) electrons. The molecule has 0 N–H and O–H groups in total. The topological polar surface area (TPSA) is 71.1 Å². The van der Waals surface area contributed by atoms with Crippen molar-refractivity contribution in [3.8, 4) is 0 Å². The summed E-state index contributed by atoms with van der Waals surface area (Å²) in [5.41, 5.74) is 0. The molecule has 0 aliphatic carbocycles. The largest absolute Gasteiger partial charge is 0.508 e. The molecule has 2 unspecified atom stereocenters. The van der Waals surface area contributed by atoms with Crippen LogP contribution in [0.25, 0.3) is 0 Å². The molecule has 112 valence electrons. The lowest BCUT2D eigenvalue weighted by Gasteiger charge is -2.25. The monoisotopic (exact) mass is 276 g/mol. The van der Waals surface area contributed by atoms with Crippen LogP contribution in [0.3, 0.4) is 0 Å². The summed E-state index contributed by atoms with van der Waals surface area (Å²) in [5, 5.41) is 0. The molecule has 6 heteroatoms. The first-order valence-electron chi connectivity index (χ1n) is 6.58. The van der Waals surface area contributed by atoms with Gasteiger partial charge in [-0.15, -0.1) is 0 Å². The molecule has 0 aromatic heterocycles. The molecule has 0 rings (SSSR count). The third-order valence-corrected chi connectivity index (χ3v) is 2.66. The summed E-state index contributed by atoms with van der Waals surface area (Å²) >= 11 is 0. The minimum atomic E-state index is -0.770. The smallest absolute Gasteiger partial charge is 0.438 e. The number of carbonyl (C=O) groups is 2. The van der Waals surface area contributed by atoms with E-state index in [1.807, 2.05) is 13.8 Å². The van der Waals surface area contributed by atoms with Gasteiger partial charge in [0.2, 0.25) is 0 Å². The number of carbonyl (C=O) groups excluding carboxylic acids is 2. The van der Waals surface area contributed by atoms with Gasteiger partial charge in [0.15, 0.2) is 0 Å². The number of methoxy groups -OCH3 is 2. The van der Waals surface area contributed by atoms with Crippen LogP contribution in [0.1, 0.15) is 46.0 Å². The standard InChI is InChI=1S/C13H24O6/c1-5-7-9-11(19-13(15)17-4)10(8-6-2)18-12(14)16-3/h10-11H,5-9H2,1-4H3. The summed E-state index contributed by atoms with van der Waals surface area (Å²) in [6.45, 7) is 3.99. The van der Waals surface area contributed by atoms with Gasteiger partial charge < -0.3 is 18.9 Å². The van der Waals surface area contributed by atoms with Gasteiger partial charge in [-0.3, -0.25) is 0 Å². The van der Waals surface area contributed by atoms with E-state index in [0.29, 0.717) is 12.8 Å². The number of hydrogen-bond acceptors (Lipinski definition) is 6. The third-order valence-electron chi connectivity index (χ3n) is 2.66. The highest BCUT2D eigenvalue weighted by Gasteiger charge is 2.28. The first-order valence-corrected chi connectivity index (χ1v) is 6.58. The Balaban J connectivity index is 4.68. The van der Waals surface area contributed by atoms with Crippen molar-refractivity contribution < 1.29 is 28.5 Å². The van der Waals surface area contributed by atoms with Gasteiger partial charge >= 0.3 is 12.3 Å². The maximum Gasteiger partial charge on any atom is 0.508 e. The second-order valence-corrected chi connectivity index (χ2v) is 4.15. The number of unbranched alkanes of at least 4 members (excludes halogenated alkanes) is 1. The zero-order valence-corrected chi connectivity index (χ0v) is 12.1. The van der Waals surface area contributed by atoms with Crippen molar-refractivity contribution in [3.63, 3.8) is 0 Å². The van der Waals surface area contributed by atoms with Crippen LogP contribution in [0.2, 0.25) is 0 Å². The number of hydrogen-bond donors (Lipinski definition) is 0. The van der Waals surface area contributed by atoms with Crippen LogP contribution < -0.4 is 0 Å². The van der Waals surface area contributed by atoms with Crippen molar-refractivity contribution in [3.05, 3.63) is 0 Å². The van der Waals surface area contributed by atoms with Gasteiger partial charge in [0.05, 0.1) is 14.2 Å². The molecule has 0 fully saturated rings. The van der Waals surface area contributed by atoms with Crippen LogP contribution in [0.4, 0.5) is 9.59 Å². The maximum atomic E-state index is 11.2. The minimum Gasteiger partial charge on any atom is -0.438 e. The van der Waals surface area contributed by atoms with E-state index >= 15 is 0 Å². The average Bonchev–Trinajstić information content (AvgIpc) is 2.42. The molecule has 0 aliphatic heterocycles. The Morgan fingerprint density at radius 2 is 1.32 bits per heavy atom. The van der Waals surface area contributed by atoms with Gasteiger partial charge in [-0.1, -0.05) is 26.7 Å². The lowest BCUT2D eigenvalue weighted by atomic mass is 10.0. The highest BCUT2D eigenvalue weighted by Crippen LogP contribution is 2.18. The Bertz CT molecular complexity index is 266. The molecule has 6 nitrogen and oxygen atoms in total. The van der Waals surface area contributed by atoms with Crippen molar-refractivity contribution in [2.24, 2.45) is 0 Å². The van der Waals surface area contributed by atoms with Gasteiger partial charge in [0.25, 0.3) is 0 Å². The van der Waals surface area contributed by atoms with E-state index in [2.05, 4.69) is 9.47 Å². The van der Waals surface area contributed by atoms with Gasteiger partial charge in [-0.25, -0.2) is 9.59 Å². The molecule has 0 heterocycles. The van der Waals surface area contributed by atoms with Crippen LogP contribution in [-0.4, -0.2) is 38.7 Å². The Morgan fingerprint density at radius 1 is 0.842 bits per heavy atom. The molecule has 0 spiro atoms. The average molecular weight is 276 g/mol. The summed E-state index contributed by atoms with van der Waals surface area (Å²) in [6.07, 6.45) is 1.28. The van der Waals surface area contributed by atoms with Crippen molar-refractivity contribution in [2.75, 3.05) is 14.2 Å². The van der Waals surface area contributed by atoms with Crippen LogP contribution in [0.15, 0.2) is 0 Å². The van der Waals surface area contributed by atoms with Crippen molar-refractivity contribution in [2.45, 2.75) is 58.2 Å². The van der Waals surface area contributed by atoms with E-state index < -0.39 is 24.5 Å². The zero-order chi connectivity index (χ0) is 14.7. The molecule has 0 aromatic carbocycles. The molecule has 0 amide bonds. The quantitative estimate of drug-likeness (QED) is 0.633. The molecule has 0 saturated heterocycles. The molecule has 2 atom stereocenters. The first kappa shape index (κ1) is 17.5. The fourth-order valence-corrected chi connectivity index (χ4v) is 1.67. The fraction of sp³-hybridized carbons (Fsp3) is 0.846. The molecule has 0 aliphatic rings. The Hall–Kier alpha value is -1.46. The van der Waals surface area contributed by atoms with Crippen LogP contribution in [0, 0.1) is 0 Å². The summed E-state index contributed by atoms with van der Waals surface area (Å²) in [4.78, 5) is 22.4. The number of ether oxygens (including phenoxy) is 4. The van der Waals surface area contributed by atoms with Crippen LogP contribution >= 0.6 is 0 Å². The molecule has 0 aromatic rings. The zero-order valence-electron chi connectivity index (χ0n) is 12.1. The Morgan fingerprint density at radius 3 is 1.68 bits per heavy atom. The Labute approximate surface area is 114 Å².